The highest BCUT2D eigenvalue weighted by atomic mass is 79.9. The van der Waals surface area contributed by atoms with Crippen LogP contribution in [-0.2, 0) is 0 Å². The van der Waals surface area contributed by atoms with Crippen LogP contribution in [0.1, 0.15) is 9.67 Å². The van der Waals surface area contributed by atoms with E-state index in [2.05, 4.69) is 26.1 Å². The SMILES string of the molecule is O=C1N[C@H](CO)CN2CCOc3c(Br)sc1c32. The lowest BCUT2D eigenvalue weighted by Gasteiger charge is -2.30. The van der Waals surface area contributed by atoms with Gasteiger partial charge in [0.05, 0.1) is 19.2 Å². The van der Waals surface area contributed by atoms with Gasteiger partial charge in [-0.05, 0) is 15.9 Å². The fourth-order valence-corrected chi connectivity index (χ4v) is 3.85. The van der Waals surface area contributed by atoms with Crippen LogP contribution in [0.2, 0.25) is 0 Å². The molecule has 5 nitrogen and oxygen atoms in total. The largest absolute Gasteiger partial charge is 0.487 e. The molecule has 1 aromatic heterocycles. The fourth-order valence-electron chi connectivity index (χ4n) is 2.16. The molecule has 17 heavy (non-hydrogen) atoms. The summed E-state index contributed by atoms with van der Waals surface area (Å²) in [4.78, 5) is 14.8. The third kappa shape index (κ3) is 1.73. The first-order valence-corrected chi connectivity index (χ1v) is 6.93. The van der Waals surface area contributed by atoms with Gasteiger partial charge in [-0.15, -0.1) is 11.3 Å². The van der Waals surface area contributed by atoms with E-state index in [9.17, 15) is 9.90 Å². The van der Waals surface area contributed by atoms with Gasteiger partial charge >= 0.3 is 0 Å². The van der Waals surface area contributed by atoms with Gasteiger partial charge in [0.1, 0.15) is 21.0 Å². The number of thiophene rings is 1. The van der Waals surface area contributed by atoms with Crippen molar-refractivity contribution in [3.8, 4) is 5.75 Å². The van der Waals surface area contributed by atoms with Crippen LogP contribution < -0.4 is 15.0 Å². The molecule has 0 fully saturated rings. The topological polar surface area (TPSA) is 61.8 Å². The molecule has 0 bridgehead atoms. The maximum atomic E-state index is 12.0. The highest BCUT2D eigenvalue weighted by molar-refractivity contribution is 9.11. The van der Waals surface area contributed by atoms with E-state index < -0.39 is 0 Å². The number of anilines is 1. The molecule has 1 amide bonds. The molecule has 0 radical (unpaired) electrons. The summed E-state index contributed by atoms with van der Waals surface area (Å²) < 4.78 is 6.44. The van der Waals surface area contributed by atoms with E-state index in [0.29, 0.717) is 18.0 Å². The molecule has 92 valence electrons. The van der Waals surface area contributed by atoms with Crippen molar-refractivity contribution in [3.63, 3.8) is 0 Å². The van der Waals surface area contributed by atoms with Crippen molar-refractivity contribution in [1.29, 1.82) is 0 Å². The summed E-state index contributed by atoms with van der Waals surface area (Å²) in [5.41, 5.74) is 0.863. The average molecular weight is 319 g/mol. The van der Waals surface area contributed by atoms with E-state index >= 15 is 0 Å². The van der Waals surface area contributed by atoms with Crippen molar-refractivity contribution >= 4 is 38.9 Å². The summed E-state index contributed by atoms with van der Waals surface area (Å²) in [6.45, 7) is 1.92. The van der Waals surface area contributed by atoms with Crippen molar-refractivity contribution < 1.29 is 14.6 Å². The molecule has 1 aromatic rings. The van der Waals surface area contributed by atoms with Gasteiger partial charge in [0, 0.05) is 6.54 Å². The van der Waals surface area contributed by atoms with E-state index in [4.69, 9.17) is 4.74 Å². The Morgan fingerprint density at radius 3 is 3.24 bits per heavy atom. The van der Waals surface area contributed by atoms with Gasteiger partial charge in [0.25, 0.3) is 5.91 Å². The molecule has 3 rings (SSSR count). The van der Waals surface area contributed by atoms with Crippen LogP contribution >= 0.6 is 27.3 Å². The highest BCUT2D eigenvalue weighted by Gasteiger charge is 2.34. The van der Waals surface area contributed by atoms with Gasteiger partial charge in [-0.3, -0.25) is 4.79 Å². The number of ether oxygens (including phenoxy) is 1. The zero-order valence-corrected chi connectivity index (χ0v) is 11.3. The minimum absolute atomic E-state index is 0.0471. The average Bonchev–Trinajstić information content (AvgIpc) is 2.60. The first-order chi connectivity index (χ1) is 8.20. The van der Waals surface area contributed by atoms with Crippen LogP contribution in [0.3, 0.4) is 0 Å². The van der Waals surface area contributed by atoms with Gasteiger partial charge in [-0.25, -0.2) is 0 Å². The Bertz CT molecular complexity index is 476. The Labute approximate surface area is 110 Å². The number of rotatable bonds is 1. The first kappa shape index (κ1) is 11.3. The number of halogens is 1. The van der Waals surface area contributed by atoms with Gasteiger partial charge < -0.3 is 20.1 Å². The van der Waals surface area contributed by atoms with E-state index in [-0.39, 0.29) is 18.6 Å². The number of hydrogen-bond acceptors (Lipinski definition) is 5. The zero-order chi connectivity index (χ0) is 12.0. The number of aliphatic hydroxyl groups is 1. The molecule has 0 unspecified atom stereocenters. The Hall–Kier alpha value is -0.790. The summed E-state index contributed by atoms with van der Waals surface area (Å²) in [5, 5.41) is 12.0. The maximum Gasteiger partial charge on any atom is 0.264 e. The molecule has 3 heterocycles. The Balaban J connectivity index is 2.10. The maximum absolute atomic E-state index is 12.0. The normalized spacial score (nSPS) is 22.6. The Kier molecular flexibility index (Phi) is 2.76. The molecule has 2 N–H and O–H groups in total. The summed E-state index contributed by atoms with van der Waals surface area (Å²) in [5.74, 6) is 0.619. The number of nitrogens with one attached hydrogen (secondary N) is 1. The van der Waals surface area contributed by atoms with Crippen LogP contribution in [-0.4, -0.2) is 43.4 Å². The van der Waals surface area contributed by atoms with Crippen LogP contribution in [0, 0.1) is 0 Å². The standard InChI is InChI=1S/C10H11BrN2O3S/c11-9-7-6-8(17-9)10(15)12-5(4-14)3-13(6)1-2-16-7/h5,14H,1-4H2,(H,12,15)/t5-/m0/s1. The minimum Gasteiger partial charge on any atom is -0.487 e. The summed E-state index contributed by atoms with van der Waals surface area (Å²) in [6.07, 6.45) is 0. The lowest BCUT2D eigenvalue weighted by molar-refractivity contribution is 0.0928. The van der Waals surface area contributed by atoms with Gasteiger partial charge in [-0.1, -0.05) is 0 Å². The Morgan fingerprint density at radius 2 is 2.47 bits per heavy atom. The number of carbonyl (C=O) groups is 1. The number of amides is 1. The van der Waals surface area contributed by atoms with Crippen LogP contribution in [0.4, 0.5) is 5.69 Å². The molecular weight excluding hydrogens is 308 g/mol. The second kappa shape index (κ2) is 4.15. The second-order valence-electron chi connectivity index (χ2n) is 4.03. The quantitative estimate of drug-likeness (QED) is 0.804. The van der Waals surface area contributed by atoms with E-state index in [1.165, 1.54) is 11.3 Å². The first-order valence-electron chi connectivity index (χ1n) is 5.32. The van der Waals surface area contributed by atoms with Crippen LogP contribution in [0.5, 0.6) is 5.75 Å². The third-order valence-electron chi connectivity index (χ3n) is 2.93. The molecule has 0 spiro atoms. The second-order valence-corrected chi connectivity index (χ2v) is 6.37. The van der Waals surface area contributed by atoms with Crippen molar-refractivity contribution in [2.45, 2.75) is 6.04 Å². The van der Waals surface area contributed by atoms with Crippen molar-refractivity contribution in [3.05, 3.63) is 8.66 Å². The number of hydrogen-bond donors (Lipinski definition) is 2. The van der Waals surface area contributed by atoms with Gasteiger partial charge in [-0.2, -0.15) is 0 Å². The molecular formula is C10H11BrN2O3S. The molecule has 0 aliphatic carbocycles. The minimum atomic E-state index is -0.216. The molecule has 2 aliphatic rings. The lowest BCUT2D eigenvalue weighted by Crippen LogP contribution is -2.44. The van der Waals surface area contributed by atoms with Crippen molar-refractivity contribution in [1.82, 2.24) is 5.32 Å². The summed E-state index contributed by atoms with van der Waals surface area (Å²) in [7, 11) is 0. The molecule has 0 saturated heterocycles. The predicted molar refractivity (Wildman–Crippen MR) is 68.1 cm³/mol. The Morgan fingerprint density at radius 1 is 1.65 bits per heavy atom. The molecule has 7 heteroatoms. The third-order valence-corrected chi connectivity index (χ3v) is 4.72. The predicted octanol–water partition coefficient (Wildman–Crippen LogP) is 0.814. The van der Waals surface area contributed by atoms with Crippen LogP contribution in [0.25, 0.3) is 0 Å². The molecule has 0 saturated carbocycles. The smallest absolute Gasteiger partial charge is 0.264 e. The van der Waals surface area contributed by atoms with Crippen LogP contribution in [0.15, 0.2) is 3.79 Å². The van der Waals surface area contributed by atoms with Crippen molar-refractivity contribution in [2.75, 3.05) is 31.2 Å². The van der Waals surface area contributed by atoms with Gasteiger partial charge in [0.2, 0.25) is 0 Å². The number of aliphatic hydroxyl groups excluding tert-OH is 1. The monoisotopic (exact) mass is 318 g/mol. The number of nitrogens with zero attached hydrogens (tertiary/aromatic N) is 1. The lowest BCUT2D eigenvalue weighted by atomic mass is 10.2. The molecule has 2 aliphatic heterocycles. The van der Waals surface area contributed by atoms with Gasteiger partial charge in [0.15, 0.2) is 5.75 Å². The fraction of sp³-hybridized carbons (Fsp3) is 0.500. The van der Waals surface area contributed by atoms with E-state index in [1.807, 2.05) is 0 Å². The molecule has 0 aromatic carbocycles. The highest BCUT2D eigenvalue weighted by Crippen LogP contribution is 2.48. The van der Waals surface area contributed by atoms with Crippen molar-refractivity contribution in [2.24, 2.45) is 0 Å². The number of carbonyl (C=O) groups excluding carboxylic acids is 1. The summed E-state index contributed by atoms with van der Waals surface area (Å²) in [6, 6.07) is -0.216. The zero-order valence-electron chi connectivity index (χ0n) is 8.90. The van der Waals surface area contributed by atoms with E-state index in [0.717, 1.165) is 21.8 Å². The summed E-state index contributed by atoms with van der Waals surface area (Å²) >= 11 is 4.80. The van der Waals surface area contributed by atoms with E-state index in [1.54, 1.807) is 0 Å². The molecule has 1 atom stereocenters.